The number of ketones is 1. The fraction of sp³-hybridized carbons (Fsp3) is 0.423. The Labute approximate surface area is 181 Å². The molecule has 2 aromatic rings. The summed E-state index contributed by atoms with van der Waals surface area (Å²) in [6, 6.07) is 21.1. The smallest absolute Gasteiger partial charge is 0.261 e. The molecule has 0 radical (unpaired) electrons. The first kappa shape index (κ1) is 22.7. The van der Waals surface area contributed by atoms with Crippen molar-refractivity contribution in [2.75, 3.05) is 0 Å². The fourth-order valence-electron chi connectivity index (χ4n) is 4.42. The van der Waals surface area contributed by atoms with Gasteiger partial charge in [-0.15, -0.1) is 0 Å². The van der Waals surface area contributed by atoms with Crippen molar-refractivity contribution in [3.63, 3.8) is 0 Å². The second kappa shape index (κ2) is 9.86. The van der Waals surface area contributed by atoms with Gasteiger partial charge in [-0.1, -0.05) is 93.6 Å². The molecule has 4 heteroatoms. The molecule has 30 heavy (non-hydrogen) atoms. The van der Waals surface area contributed by atoms with Crippen LogP contribution < -0.4 is 10.4 Å². The van der Waals surface area contributed by atoms with Crippen molar-refractivity contribution in [3.8, 4) is 0 Å². The van der Waals surface area contributed by atoms with E-state index in [1.807, 2.05) is 12.1 Å². The highest BCUT2D eigenvalue weighted by Crippen LogP contribution is 2.38. The van der Waals surface area contributed by atoms with Crippen molar-refractivity contribution in [3.05, 3.63) is 72.8 Å². The summed E-state index contributed by atoms with van der Waals surface area (Å²) in [6.07, 6.45) is 6.12. The van der Waals surface area contributed by atoms with Crippen LogP contribution in [0.2, 0.25) is 5.04 Å². The Morgan fingerprint density at radius 1 is 0.933 bits per heavy atom. The summed E-state index contributed by atoms with van der Waals surface area (Å²) in [4.78, 5) is 11.9. The minimum absolute atomic E-state index is 0.111. The zero-order valence-corrected chi connectivity index (χ0v) is 19.4. The molecule has 0 unspecified atom stereocenters. The van der Waals surface area contributed by atoms with Crippen LogP contribution in [0.5, 0.6) is 0 Å². The van der Waals surface area contributed by atoms with E-state index in [2.05, 4.69) is 81.5 Å². The fourth-order valence-corrected chi connectivity index (χ4v) is 9.06. The van der Waals surface area contributed by atoms with E-state index in [9.17, 15) is 9.90 Å². The summed E-state index contributed by atoms with van der Waals surface area (Å²) in [7, 11) is -2.68. The predicted octanol–water partition coefficient (Wildman–Crippen LogP) is 4.38. The van der Waals surface area contributed by atoms with E-state index in [-0.39, 0.29) is 16.9 Å². The third-order valence-electron chi connectivity index (χ3n) is 5.95. The van der Waals surface area contributed by atoms with Crippen molar-refractivity contribution in [2.24, 2.45) is 0 Å². The lowest BCUT2D eigenvalue weighted by Crippen LogP contribution is -2.67. The van der Waals surface area contributed by atoms with Gasteiger partial charge in [0.15, 0.2) is 0 Å². The Kier molecular flexibility index (Phi) is 7.45. The SMILES string of the molecule is CC(C)(C)[Si](O[C@@H]1/C=C\CCC(=O)CC[C@@H](O)C1)(c1ccccc1)c1ccccc1. The molecule has 1 aliphatic rings. The molecular formula is C26H34O3Si. The lowest BCUT2D eigenvalue weighted by Gasteiger charge is -2.45. The number of carbonyl (C=O) groups excluding carboxylic acids is 1. The van der Waals surface area contributed by atoms with E-state index >= 15 is 0 Å². The molecule has 0 spiro atoms. The van der Waals surface area contributed by atoms with Crippen LogP contribution in [0.15, 0.2) is 72.8 Å². The Morgan fingerprint density at radius 3 is 2.03 bits per heavy atom. The minimum atomic E-state index is -2.68. The second-order valence-electron chi connectivity index (χ2n) is 9.25. The third kappa shape index (κ3) is 5.18. The Hall–Kier alpha value is -2.01. The molecule has 0 saturated heterocycles. The van der Waals surface area contributed by atoms with Crippen molar-refractivity contribution in [2.45, 2.75) is 70.1 Å². The molecule has 0 amide bonds. The topological polar surface area (TPSA) is 46.5 Å². The first-order chi connectivity index (χ1) is 14.3. The molecule has 0 heterocycles. The summed E-state index contributed by atoms with van der Waals surface area (Å²) < 4.78 is 7.15. The molecule has 2 aromatic carbocycles. The molecule has 160 valence electrons. The molecule has 0 bridgehead atoms. The minimum Gasteiger partial charge on any atom is -0.401 e. The second-order valence-corrected chi connectivity index (χ2v) is 13.5. The van der Waals surface area contributed by atoms with E-state index in [4.69, 9.17) is 4.43 Å². The van der Waals surface area contributed by atoms with Crippen LogP contribution in [-0.4, -0.2) is 31.4 Å². The number of Topliss-reactive ketones (excluding diaryl/α,β-unsaturated/α-hetero) is 1. The number of aliphatic hydroxyl groups is 1. The largest absolute Gasteiger partial charge is 0.401 e. The van der Waals surface area contributed by atoms with E-state index in [1.54, 1.807) is 0 Å². The molecule has 3 rings (SSSR count). The number of aliphatic hydroxyl groups excluding tert-OH is 1. The highest BCUT2D eigenvalue weighted by molar-refractivity contribution is 6.99. The molecule has 0 saturated carbocycles. The summed E-state index contributed by atoms with van der Waals surface area (Å²) in [5, 5.41) is 13.0. The number of allylic oxidation sites excluding steroid dienone is 1. The quantitative estimate of drug-likeness (QED) is 0.587. The van der Waals surface area contributed by atoms with Gasteiger partial charge in [0.05, 0.1) is 12.2 Å². The number of hydrogen-bond donors (Lipinski definition) is 1. The molecule has 0 fully saturated rings. The van der Waals surface area contributed by atoms with Gasteiger partial charge in [0.1, 0.15) is 5.78 Å². The maximum absolute atomic E-state index is 11.9. The summed E-state index contributed by atoms with van der Waals surface area (Å²) >= 11 is 0. The van der Waals surface area contributed by atoms with Gasteiger partial charge in [-0.2, -0.15) is 0 Å². The van der Waals surface area contributed by atoms with Gasteiger partial charge in [-0.25, -0.2) is 0 Å². The Bertz CT molecular complexity index is 800. The van der Waals surface area contributed by atoms with E-state index in [1.165, 1.54) is 10.4 Å². The maximum atomic E-state index is 11.9. The number of hydrogen-bond acceptors (Lipinski definition) is 3. The van der Waals surface area contributed by atoms with Crippen LogP contribution in [0.25, 0.3) is 0 Å². The third-order valence-corrected chi connectivity index (χ3v) is 11.0. The molecule has 3 nitrogen and oxygen atoms in total. The number of carbonyl (C=O) groups is 1. The Balaban J connectivity index is 2.08. The van der Waals surface area contributed by atoms with Crippen molar-refractivity contribution in [1.82, 2.24) is 0 Å². The highest BCUT2D eigenvalue weighted by atomic mass is 28.4. The van der Waals surface area contributed by atoms with Gasteiger partial charge in [-0.3, -0.25) is 4.79 Å². The van der Waals surface area contributed by atoms with Crippen LogP contribution in [0.3, 0.4) is 0 Å². The normalized spacial score (nSPS) is 22.5. The van der Waals surface area contributed by atoms with Crippen LogP contribution in [-0.2, 0) is 9.22 Å². The number of rotatable bonds is 4. The van der Waals surface area contributed by atoms with Crippen molar-refractivity contribution < 1.29 is 14.3 Å². The lowest BCUT2D eigenvalue weighted by atomic mass is 10.0. The molecular weight excluding hydrogens is 388 g/mol. The standard InChI is InChI=1S/C26H34O3Si/c1-26(2,3)30(24-14-6-4-7-15-24,25-16-8-5-9-17-25)29-23-13-11-10-12-21(27)18-19-22(28)20-23/h4-9,11,13-17,22-23,28H,10,12,18-20H2,1-3H3/b13-11-/t22-,23-/m1/s1. The lowest BCUT2D eigenvalue weighted by molar-refractivity contribution is -0.119. The molecule has 2 atom stereocenters. The molecule has 1 N–H and O–H groups in total. The van der Waals surface area contributed by atoms with Crippen LogP contribution >= 0.6 is 0 Å². The zero-order chi connectivity index (χ0) is 21.6. The average Bonchev–Trinajstić information content (AvgIpc) is 2.73. The van der Waals surface area contributed by atoms with Gasteiger partial charge >= 0.3 is 0 Å². The first-order valence-electron chi connectivity index (χ1n) is 11.0. The van der Waals surface area contributed by atoms with Gasteiger partial charge in [0, 0.05) is 19.3 Å². The van der Waals surface area contributed by atoms with Gasteiger partial charge in [-0.05, 0) is 28.3 Å². The Morgan fingerprint density at radius 2 is 1.50 bits per heavy atom. The first-order valence-corrected chi connectivity index (χ1v) is 12.9. The van der Waals surface area contributed by atoms with Crippen molar-refractivity contribution in [1.29, 1.82) is 0 Å². The van der Waals surface area contributed by atoms with Gasteiger partial charge in [0.25, 0.3) is 8.32 Å². The van der Waals surface area contributed by atoms with Crippen LogP contribution in [0.4, 0.5) is 0 Å². The predicted molar refractivity (Wildman–Crippen MR) is 126 cm³/mol. The average molecular weight is 423 g/mol. The van der Waals surface area contributed by atoms with Gasteiger partial charge in [0.2, 0.25) is 0 Å². The summed E-state index contributed by atoms with van der Waals surface area (Å²) in [5.74, 6) is 0.227. The number of benzene rings is 2. The van der Waals surface area contributed by atoms with Crippen LogP contribution in [0.1, 0.15) is 52.9 Å². The summed E-state index contributed by atoms with van der Waals surface area (Å²) in [6.45, 7) is 6.79. The van der Waals surface area contributed by atoms with Crippen LogP contribution in [0, 0.1) is 0 Å². The molecule has 1 aliphatic carbocycles. The highest BCUT2D eigenvalue weighted by Gasteiger charge is 2.51. The molecule has 0 aromatic heterocycles. The van der Waals surface area contributed by atoms with E-state index < -0.39 is 14.4 Å². The van der Waals surface area contributed by atoms with Gasteiger partial charge < -0.3 is 9.53 Å². The van der Waals surface area contributed by atoms with E-state index in [0.717, 1.165) is 6.42 Å². The van der Waals surface area contributed by atoms with Crippen molar-refractivity contribution >= 4 is 24.5 Å². The summed E-state index contributed by atoms with van der Waals surface area (Å²) in [5.41, 5.74) is 0. The van der Waals surface area contributed by atoms with E-state index in [0.29, 0.717) is 25.7 Å². The molecule has 0 aliphatic heterocycles. The maximum Gasteiger partial charge on any atom is 0.261 e. The monoisotopic (exact) mass is 422 g/mol. The zero-order valence-electron chi connectivity index (χ0n) is 18.4.